The van der Waals surface area contributed by atoms with Crippen LogP contribution in [0, 0.1) is 0 Å². The molecule has 0 spiro atoms. The van der Waals surface area contributed by atoms with Crippen LogP contribution >= 0.6 is 0 Å². The number of rotatable bonds is 7. The Morgan fingerprint density at radius 3 is 2.19 bits per heavy atom. The number of nitrogens with zero attached hydrogens (tertiary/aromatic N) is 2. The van der Waals surface area contributed by atoms with Crippen LogP contribution in [0.4, 0.5) is 5.69 Å². The van der Waals surface area contributed by atoms with Crippen molar-refractivity contribution in [3.63, 3.8) is 0 Å². The molecule has 0 radical (unpaired) electrons. The molecule has 8 heteroatoms. The summed E-state index contributed by atoms with van der Waals surface area (Å²) in [4.78, 5) is 17.7. The molecule has 1 aromatic heterocycles. The van der Waals surface area contributed by atoms with Crippen molar-refractivity contribution in [1.82, 2.24) is 4.90 Å². The molecule has 37 heavy (non-hydrogen) atoms. The molecule has 1 saturated heterocycles. The van der Waals surface area contributed by atoms with E-state index in [1.807, 2.05) is 12.1 Å². The minimum absolute atomic E-state index is 0.114. The molecule has 0 unspecified atom stereocenters. The fraction of sp³-hybridized carbons (Fsp3) is 0.276. The highest BCUT2D eigenvalue weighted by atomic mass is 16.5. The van der Waals surface area contributed by atoms with Crippen LogP contribution in [0.25, 0.3) is 22.1 Å². The third-order valence-corrected chi connectivity index (χ3v) is 6.87. The van der Waals surface area contributed by atoms with Crippen LogP contribution in [-0.2, 0) is 6.54 Å². The standard InChI is InChI=1S/C29H30N2O6/c1-34-21-7-5-20(6-8-21)31-14-12-30(13-15-31)18-25-26(32)11-4-19-16-24(29(33)37-28(19)25)23-10-9-22(35-2)17-27(23)36-3/h4-11,16-17,32H,12-15,18H2,1-3H3. The maximum absolute atomic E-state index is 13.1. The molecule has 0 atom stereocenters. The number of ether oxygens (including phenoxy) is 3. The smallest absolute Gasteiger partial charge is 0.344 e. The summed E-state index contributed by atoms with van der Waals surface area (Å²) in [6, 6.07) is 18.5. The van der Waals surface area contributed by atoms with Gasteiger partial charge in [-0.05, 0) is 54.6 Å². The second-order valence-corrected chi connectivity index (χ2v) is 8.96. The third-order valence-electron chi connectivity index (χ3n) is 6.87. The Hall–Kier alpha value is -4.17. The van der Waals surface area contributed by atoms with Crippen molar-refractivity contribution in [1.29, 1.82) is 0 Å². The van der Waals surface area contributed by atoms with Gasteiger partial charge in [-0.1, -0.05) is 0 Å². The van der Waals surface area contributed by atoms with Gasteiger partial charge in [0.1, 0.15) is 28.6 Å². The molecule has 0 amide bonds. The van der Waals surface area contributed by atoms with Gasteiger partial charge in [0.05, 0.1) is 32.5 Å². The average Bonchev–Trinajstić information content (AvgIpc) is 2.94. The van der Waals surface area contributed by atoms with E-state index in [0.29, 0.717) is 40.3 Å². The number of phenolic OH excluding ortho intramolecular Hbond substituents is 1. The van der Waals surface area contributed by atoms with E-state index in [2.05, 4.69) is 21.9 Å². The Morgan fingerprint density at radius 2 is 1.51 bits per heavy atom. The lowest BCUT2D eigenvalue weighted by molar-refractivity contribution is 0.246. The molecule has 192 valence electrons. The Labute approximate surface area is 215 Å². The summed E-state index contributed by atoms with van der Waals surface area (Å²) >= 11 is 0. The van der Waals surface area contributed by atoms with Gasteiger partial charge in [-0.25, -0.2) is 4.79 Å². The van der Waals surface area contributed by atoms with E-state index in [1.165, 1.54) is 0 Å². The predicted octanol–water partition coefficient (Wildman–Crippen LogP) is 4.51. The third kappa shape index (κ3) is 4.93. The maximum Gasteiger partial charge on any atom is 0.344 e. The Kier molecular flexibility index (Phi) is 6.92. The largest absolute Gasteiger partial charge is 0.507 e. The van der Waals surface area contributed by atoms with Gasteiger partial charge < -0.3 is 28.6 Å². The van der Waals surface area contributed by atoms with Gasteiger partial charge in [-0.15, -0.1) is 0 Å². The van der Waals surface area contributed by atoms with Gasteiger partial charge in [0.15, 0.2) is 0 Å². The SMILES string of the molecule is COc1ccc(N2CCN(Cc3c(O)ccc4cc(-c5ccc(OC)cc5OC)c(=O)oc34)CC2)cc1. The van der Waals surface area contributed by atoms with E-state index in [0.717, 1.165) is 43.0 Å². The number of anilines is 1. The van der Waals surface area contributed by atoms with Crippen LogP contribution in [0.5, 0.6) is 23.0 Å². The summed E-state index contributed by atoms with van der Waals surface area (Å²) in [6.07, 6.45) is 0. The molecule has 1 aliphatic heterocycles. The number of phenols is 1. The highest BCUT2D eigenvalue weighted by Gasteiger charge is 2.22. The summed E-state index contributed by atoms with van der Waals surface area (Å²) in [7, 11) is 4.78. The first kappa shape index (κ1) is 24.5. The number of aromatic hydroxyl groups is 1. The van der Waals surface area contributed by atoms with Gasteiger partial charge in [0.2, 0.25) is 0 Å². The number of piperazine rings is 1. The zero-order chi connectivity index (χ0) is 25.9. The molecule has 0 saturated carbocycles. The molecule has 1 fully saturated rings. The topological polar surface area (TPSA) is 84.6 Å². The van der Waals surface area contributed by atoms with Crippen LogP contribution in [0.2, 0.25) is 0 Å². The van der Waals surface area contributed by atoms with E-state index in [1.54, 1.807) is 57.7 Å². The molecular formula is C29H30N2O6. The molecular weight excluding hydrogens is 472 g/mol. The number of benzene rings is 3. The van der Waals surface area contributed by atoms with Crippen LogP contribution in [0.1, 0.15) is 5.56 Å². The van der Waals surface area contributed by atoms with Crippen molar-refractivity contribution in [3.8, 4) is 34.1 Å². The molecule has 0 bridgehead atoms. The van der Waals surface area contributed by atoms with Crippen molar-refractivity contribution < 1.29 is 23.7 Å². The van der Waals surface area contributed by atoms with Crippen LogP contribution in [-0.4, -0.2) is 57.5 Å². The first-order chi connectivity index (χ1) is 18.0. The van der Waals surface area contributed by atoms with Crippen molar-refractivity contribution in [2.75, 3.05) is 52.4 Å². The number of hydrogen-bond donors (Lipinski definition) is 1. The maximum atomic E-state index is 13.1. The second-order valence-electron chi connectivity index (χ2n) is 8.96. The van der Waals surface area contributed by atoms with Crippen LogP contribution < -0.4 is 24.7 Å². The lowest BCUT2D eigenvalue weighted by Crippen LogP contribution is -2.46. The lowest BCUT2D eigenvalue weighted by Gasteiger charge is -2.36. The van der Waals surface area contributed by atoms with Crippen LogP contribution in [0.3, 0.4) is 0 Å². The van der Waals surface area contributed by atoms with Crippen molar-refractivity contribution in [2.24, 2.45) is 0 Å². The molecule has 5 rings (SSSR count). The van der Waals surface area contributed by atoms with E-state index >= 15 is 0 Å². The minimum Gasteiger partial charge on any atom is -0.507 e. The van der Waals surface area contributed by atoms with Crippen molar-refractivity contribution >= 4 is 16.7 Å². The van der Waals surface area contributed by atoms with E-state index in [9.17, 15) is 9.90 Å². The van der Waals surface area contributed by atoms with E-state index in [-0.39, 0.29) is 5.75 Å². The normalized spacial score (nSPS) is 14.1. The summed E-state index contributed by atoms with van der Waals surface area (Å²) in [5, 5.41) is 11.4. The molecule has 0 aliphatic carbocycles. The van der Waals surface area contributed by atoms with E-state index < -0.39 is 5.63 Å². The summed E-state index contributed by atoms with van der Waals surface area (Å²) in [5.74, 6) is 2.09. The van der Waals surface area contributed by atoms with Gasteiger partial charge in [0, 0.05) is 55.4 Å². The average molecular weight is 503 g/mol. The molecule has 1 aliphatic rings. The molecule has 2 heterocycles. The fourth-order valence-corrected chi connectivity index (χ4v) is 4.77. The van der Waals surface area contributed by atoms with Crippen molar-refractivity contribution in [3.05, 3.63) is 76.6 Å². The zero-order valence-electron chi connectivity index (χ0n) is 21.2. The minimum atomic E-state index is -0.493. The summed E-state index contributed by atoms with van der Waals surface area (Å²) < 4.78 is 21.8. The quantitative estimate of drug-likeness (QED) is 0.370. The first-order valence-corrected chi connectivity index (χ1v) is 12.1. The van der Waals surface area contributed by atoms with Gasteiger partial charge in [-0.3, -0.25) is 4.90 Å². The highest BCUT2D eigenvalue weighted by Crippen LogP contribution is 2.35. The van der Waals surface area contributed by atoms with E-state index in [4.69, 9.17) is 18.6 Å². The highest BCUT2D eigenvalue weighted by molar-refractivity contribution is 5.86. The zero-order valence-corrected chi connectivity index (χ0v) is 21.2. The fourth-order valence-electron chi connectivity index (χ4n) is 4.77. The number of methoxy groups -OCH3 is 3. The first-order valence-electron chi connectivity index (χ1n) is 12.1. The Bertz CT molecular complexity index is 1460. The predicted molar refractivity (Wildman–Crippen MR) is 143 cm³/mol. The lowest BCUT2D eigenvalue weighted by atomic mass is 10.0. The summed E-state index contributed by atoms with van der Waals surface area (Å²) in [6.45, 7) is 3.81. The molecule has 8 nitrogen and oxygen atoms in total. The van der Waals surface area contributed by atoms with Gasteiger partial charge in [0.25, 0.3) is 0 Å². The van der Waals surface area contributed by atoms with Crippen molar-refractivity contribution in [2.45, 2.75) is 6.54 Å². The molecule has 3 aromatic carbocycles. The number of fused-ring (bicyclic) bond motifs is 1. The van der Waals surface area contributed by atoms with Gasteiger partial charge >= 0.3 is 5.63 Å². The molecule has 4 aromatic rings. The van der Waals surface area contributed by atoms with Gasteiger partial charge in [-0.2, -0.15) is 0 Å². The molecule has 1 N–H and O–H groups in total. The number of hydrogen-bond acceptors (Lipinski definition) is 8. The Balaban J connectivity index is 1.39. The summed E-state index contributed by atoms with van der Waals surface area (Å²) in [5.41, 5.74) is 2.67. The monoisotopic (exact) mass is 502 g/mol. The van der Waals surface area contributed by atoms with Crippen LogP contribution in [0.15, 0.2) is 69.9 Å². The second kappa shape index (κ2) is 10.4. The Morgan fingerprint density at radius 1 is 0.811 bits per heavy atom.